The summed E-state index contributed by atoms with van der Waals surface area (Å²) in [6, 6.07) is 6.67. The second-order valence-electron chi connectivity index (χ2n) is 2.68. The molecule has 0 aliphatic carbocycles. The van der Waals surface area contributed by atoms with Crippen molar-refractivity contribution in [2.24, 2.45) is 5.14 Å². The number of hydrogen-bond acceptors (Lipinski definition) is 3. The standard InChI is InChI=1S/C8H12N2O2S/c1-10-6-7-4-2-3-5-8(7)13(9,11)12/h2-5,10H,6H2,1H3,(H2,9,11,12). The molecule has 0 saturated carbocycles. The number of hydrogen-bond donors (Lipinski definition) is 2. The molecule has 0 bridgehead atoms. The third-order valence-electron chi connectivity index (χ3n) is 1.65. The van der Waals surface area contributed by atoms with Gasteiger partial charge in [-0.3, -0.25) is 0 Å². The lowest BCUT2D eigenvalue weighted by molar-refractivity contribution is 0.596. The Morgan fingerprint density at radius 2 is 2.00 bits per heavy atom. The van der Waals surface area contributed by atoms with Crippen LogP contribution in [-0.4, -0.2) is 15.5 Å². The van der Waals surface area contributed by atoms with Crippen LogP contribution in [0.5, 0.6) is 0 Å². The predicted octanol–water partition coefficient (Wildman–Crippen LogP) is 0.0534. The molecule has 0 heterocycles. The van der Waals surface area contributed by atoms with E-state index in [1.807, 2.05) is 0 Å². The average Bonchev–Trinajstić information content (AvgIpc) is 2.04. The number of primary sulfonamides is 1. The molecular weight excluding hydrogens is 188 g/mol. The van der Waals surface area contributed by atoms with Crippen LogP contribution in [0.1, 0.15) is 5.56 Å². The van der Waals surface area contributed by atoms with Crippen molar-refractivity contribution in [1.82, 2.24) is 5.32 Å². The van der Waals surface area contributed by atoms with E-state index in [9.17, 15) is 8.42 Å². The monoisotopic (exact) mass is 200 g/mol. The van der Waals surface area contributed by atoms with Gasteiger partial charge in [0.2, 0.25) is 10.0 Å². The Balaban J connectivity index is 3.20. The van der Waals surface area contributed by atoms with Crippen molar-refractivity contribution in [1.29, 1.82) is 0 Å². The highest BCUT2D eigenvalue weighted by Gasteiger charge is 2.11. The Labute approximate surface area is 77.8 Å². The summed E-state index contributed by atoms with van der Waals surface area (Å²) in [7, 11) is -1.85. The first-order valence-electron chi connectivity index (χ1n) is 3.81. The summed E-state index contributed by atoms with van der Waals surface area (Å²) in [6.07, 6.45) is 0. The first-order chi connectivity index (χ1) is 6.05. The van der Waals surface area contributed by atoms with Crippen molar-refractivity contribution in [3.8, 4) is 0 Å². The smallest absolute Gasteiger partial charge is 0.238 e. The van der Waals surface area contributed by atoms with Gasteiger partial charge in [-0.15, -0.1) is 0 Å². The normalized spacial score (nSPS) is 11.5. The molecule has 3 N–H and O–H groups in total. The van der Waals surface area contributed by atoms with Gasteiger partial charge in [-0.2, -0.15) is 0 Å². The van der Waals surface area contributed by atoms with E-state index in [0.29, 0.717) is 12.1 Å². The third-order valence-corrected chi connectivity index (χ3v) is 2.66. The maximum atomic E-state index is 11.1. The van der Waals surface area contributed by atoms with E-state index < -0.39 is 10.0 Å². The first kappa shape index (κ1) is 10.2. The van der Waals surface area contributed by atoms with Crippen LogP contribution in [0.2, 0.25) is 0 Å². The van der Waals surface area contributed by atoms with Gasteiger partial charge in [-0.1, -0.05) is 18.2 Å². The molecule has 1 aromatic carbocycles. The average molecular weight is 200 g/mol. The molecule has 0 spiro atoms. The van der Waals surface area contributed by atoms with Gasteiger partial charge in [0, 0.05) is 6.54 Å². The highest BCUT2D eigenvalue weighted by Crippen LogP contribution is 2.12. The van der Waals surface area contributed by atoms with Crippen LogP contribution in [0.15, 0.2) is 29.2 Å². The van der Waals surface area contributed by atoms with Crippen molar-refractivity contribution in [3.63, 3.8) is 0 Å². The van der Waals surface area contributed by atoms with Crippen LogP contribution in [0.4, 0.5) is 0 Å². The molecule has 1 aromatic rings. The van der Waals surface area contributed by atoms with Gasteiger partial charge in [0.1, 0.15) is 0 Å². The minimum Gasteiger partial charge on any atom is -0.316 e. The number of sulfonamides is 1. The Kier molecular flexibility index (Phi) is 3.02. The molecule has 1 rings (SSSR count). The molecule has 0 saturated heterocycles. The first-order valence-corrected chi connectivity index (χ1v) is 5.35. The molecule has 0 aromatic heterocycles. The van der Waals surface area contributed by atoms with Crippen LogP contribution < -0.4 is 10.5 Å². The van der Waals surface area contributed by atoms with Gasteiger partial charge in [-0.25, -0.2) is 13.6 Å². The fraction of sp³-hybridized carbons (Fsp3) is 0.250. The fourth-order valence-corrected chi connectivity index (χ4v) is 1.89. The lowest BCUT2D eigenvalue weighted by atomic mass is 10.2. The molecular formula is C8H12N2O2S. The molecule has 0 atom stereocenters. The maximum absolute atomic E-state index is 11.1. The summed E-state index contributed by atoms with van der Waals surface area (Å²) in [5.74, 6) is 0. The number of nitrogens with two attached hydrogens (primary N) is 1. The highest BCUT2D eigenvalue weighted by molar-refractivity contribution is 7.89. The SMILES string of the molecule is CNCc1ccccc1S(N)(=O)=O. The second kappa shape index (κ2) is 3.87. The molecule has 0 radical (unpaired) electrons. The summed E-state index contributed by atoms with van der Waals surface area (Å²) >= 11 is 0. The summed E-state index contributed by atoms with van der Waals surface area (Å²) in [5, 5.41) is 7.91. The molecule has 0 unspecified atom stereocenters. The lowest BCUT2D eigenvalue weighted by Gasteiger charge is -2.05. The zero-order chi connectivity index (χ0) is 9.90. The Bertz CT molecular complexity index is 387. The Morgan fingerprint density at radius 3 is 2.54 bits per heavy atom. The van der Waals surface area contributed by atoms with Crippen LogP contribution >= 0.6 is 0 Å². The number of benzene rings is 1. The van der Waals surface area contributed by atoms with E-state index in [1.54, 1.807) is 25.2 Å². The van der Waals surface area contributed by atoms with E-state index in [2.05, 4.69) is 5.32 Å². The van der Waals surface area contributed by atoms with Gasteiger partial charge in [0.05, 0.1) is 4.90 Å². The van der Waals surface area contributed by atoms with Crippen molar-refractivity contribution in [2.75, 3.05) is 7.05 Å². The third kappa shape index (κ3) is 2.51. The molecule has 0 aliphatic heterocycles. The van der Waals surface area contributed by atoms with Crippen LogP contribution in [0.3, 0.4) is 0 Å². The molecule has 4 nitrogen and oxygen atoms in total. The minimum atomic E-state index is -3.60. The number of rotatable bonds is 3. The Hall–Kier alpha value is -0.910. The van der Waals surface area contributed by atoms with Crippen molar-refractivity contribution in [3.05, 3.63) is 29.8 Å². The molecule has 0 amide bonds. The molecule has 13 heavy (non-hydrogen) atoms. The maximum Gasteiger partial charge on any atom is 0.238 e. The van der Waals surface area contributed by atoms with E-state index in [0.717, 1.165) is 0 Å². The predicted molar refractivity (Wildman–Crippen MR) is 50.6 cm³/mol. The van der Waals surface area contributed by atoms with Gasteiger partial charge < -0.3 is 5.32 Å². The van der Waals surface area contributed by atoms with E-state index in [4.69, 9.17) is 5.14 Å². The van der Waals surface area contributed by atoms with Crippen molar-refractivity contribution >= 4 is 10.0 Å². The van der Waals surface area contributed by atoms with Crippen molar-refractivity contribution in [2.45, 2.75) is 11.4 Å². The zero-order valence-corrected chi connectivity index (χ0v) is 8.14. The number of nitrogens with one attached hydrogen (secondary N) is 1. The summed E-state index contributed by atoms with van der Waals surface area (Å²) < 4.78 is 22.2. The lowest BCUT2D eigenvalue weighted by Crippen LogP contribution is -2.17. The van der Waals surface area contributed by atoms with Crippen LogP contribution in [0, 0.1) is 0 Å². The molecule has 5 heteroatoms. The molecule has 0 fully saturated rings. The van der Waals surface area contributed by atoms with Crippen molar-refractivity contribution < 1.29 is 8.42 Å². The van der Waals surface area contributed by atoms with E-state index in [1.165, 1.54) is 6.07 Å². The summed E-state index contributed by atoms with van der Waals surface area (Å²) in [4.78, 5) is 0.185. The van der Waals surface area contributed by atoms with Crippen LogP contribution in [0.25, 0.3) is 0 Å². The molecule has 72 valence electrons. The van der Waals surface area contributed by atoms with Gasteiger partial charge in [0.15, 0.2) is 0 Å². The van der Waals surface area contributed by atoms with Crippen LogP contribution in [-0.2, 0) is 16.6 Å². The largest absolute Gasteiger partial charge is 0.316 e. The Morgan fingerprint density at radius 1 is 1.38 bits per heavy atom. The van der Waals surface area contributed by atoms with Gasteiger partial charge in [-0.05, 0) is 18.7 Å². The minimum absolute atomic E-state index is 0.185. The molecule has 0 aliphatic rings. The summed E-state index contributed by atoms with van der Waals surface area (Å²) in [6.45, 7) is 0.493. The fourth-order valence-electron chi connectivity index (χ4n) is 1.12. The topological polar surface area (TPSA) is 72.2 Å². The van der Waals surface area contributed by atoms with E-state index >= 15 is 0 Å². The quantitative estimate of drug-likeness (QED) is 0.724. The van der Waals surface area contributed by atoms with Gasteiger partial charge in [0.25, 0.3) is 0 Å². The highest BCUT2D eigenvalue weighted by atomic mass is 32.2. The summed E-state index contributed by atoms with van der Waals surface area (Å²) in [5.41, 5.74) is 0.688. The second-order valence-corrected chi connectivity index (χ2v) is 4.21. The van der Waals surface area contributed by atoms with Gasteiger partial charge >= 0.3 is 0 Å². The zero-order valence-electron chi connectivity index (χ0n) is 7.32. The van der Waals surface area contributed by atoms with E-state index in [-0.39, 0.29) is 4.90 Å².